The van der Waals surface area contributed by atoms with Crippen molar-refractivity contribution in [3.8, 4) is 17.0 Å². The van der Waals surface area contributed by atoms with Gasteiger partial charge in [0, 0.05) is 17.7 Å². The summed E-state index contributed by atoms with van der Waals surface area (Å²) in [7, 11) is 1.56. The van der Waals surface area contributed by atoms with Gasteiger partial charge >= 0.3 is 6.18 Å². The third-order valence-corrected chi connectivity index (χ3v) is 6.05. The summed E-state index contributed by atoms with van der Waals surface area (Å²) in [5.74, 6) is -0.104. The fourth-order valence-corrected chi connectivity index (χ4v) is 4.32. The highest BCUT2D eigenvalue weighted by Crippen LogP contribution is 2.43. The van der Waals surface area contributed by atoms with Crippen LogP contribution in [0.3, 0.4) is 0 Å². The number of carbonyl (C=O) groups excluding carboxylic acids is 1. The van der Waals surface area contributed by atoms with Crippen LogP contribution in [0.25, 0.3) is 11.3 Å². The topological polar surface area (TPSA) is 58.2 Å². The first-order chi connectivity index (χ1) is 16.8. The Bertz CT molecular complexity index is 1360. The predicted octanol–water partition coefficient (Wildman–Crippen LogP) is 5.99. The molecule has 0 bridgehead atoms. The molecule has 4 aromatic rings. The summed E-state index contributed by atoms with van der Waals surface area (Å²) in [4.78, 5) is 15.0. The first-order valence-corrected chi connectivity index (χ1v) is 10.7. The van der Waals surface area contributed by atoms with E-state index in [2.05, 4.69) is 10.2 Å². The van der Waals surface area contributed by atoms with Gasteiger partial charge in [-0.1, -0.05) is 24.3 Å². The molecule has 35 heavy (non-hydrogen) atoms. The largest absolute Gasteiger partial charge is 0.497 e. The Hall–Kier alpha value is -4.14. The van der Waals surface area contributed by atoms with Crippen molar-refractivity contribution in [3.05, 3.63) is 107 Å². The van der Waals surface area contributed by atoms with Gasteiger partial charge in [-0.25, -0.2) is 4.39 Å². The summed E-state index contributed by atoms with van der Waals surface area (Å²) in [6, 6.07) is 17.1. The van der Waals surface area contributed by atoms with E-state index in [-0.39, 0.29) is 18.1 Å². The fourth-order valence-electron chi connectivity index (χ4n) is 4.32. The van der Waals surface area contributed by atoms with Crippen LogP contribution in [0.1, 0.15) is 38.8 Å². The van der Waals surface area contributed by atoms with Gasteiger partial charge < -0.3 is 9.64 Å². The van der Waals surface area contributed by atoms with Crippen molar-refractivity contribution < 1.29 is 27.1 Å². The Morgan fingerprint density at radius 2 is 1.63 bits per heavy atom. The van der Waals surface area contributed by atoms with Gasteiger partial charge in [0.1, 0.15) is 17.3 Å². The number of alkyl halides is 3. The number of nitrogens with zero attached hydrogens (tertiary/aromatic N) is 2. The summed E-state index contributed by atoms with van der Waals surface area (Å²) in [5, 5.41) is 7.20. The zero-order chi connectivity index (χ0) is 24.7. The van der Waals surface area contributed by atoms with Gasteiger partial charge in [0.2, 0.25) is 0 Å². The van der Waals surface area contributed by atoms with E-state index >= 15 is 0 Å². The van der Waals surface area contributed by atoms with Crippen molar-refractivity contribution in [2.75, 3.05) is 7.11 Å². The molecule has 1 N–H and O–H groups in total. The number of halogens is 4. The van der Waals surface area contributed by atoms with Crippen LogP contribution in [0, 0.1) is 5.82 Å². The molecular formula is C26H19F4N3O2. The molecule has 5 rings (SSSR count). The number of hydrogen-bond acceptors (Lipinski definition) is 3. The summed E-state index contributed by atoms with van der Waals surface area (Å²) in [6.45, 7) is 0.0591. The Balaban J connectivity index is 1.57. The van der Waals surface area contributed by atoms with Gasteiger partial charge in [-0.2, -0.15) is 18.3 Å². The summed E-state index contributed by atoms with van der Waals surface area (Å²) in [5.41, 5.74) is 2.64. The highest BCUT2D eigenvalue weighted by Gasteiger charge is 2.42. The molecule has 0 saturated carbocycles. The summed E-state index contributed by atoms with van der Waals surface area (Å²) >= 11 is 0. The molecule has 0 fully saturated rings. The average molecular weight is 481 g/mol. The van der Waals surface area contributed by atoms with E-state index in [1.807, 2.05) is 12.1 Å². The fraction of sp³-hybridized carbons (Fsp3) is 0.154. The Morgan fingerprint density at radius 1 is 0.971 bits per heavy atom. The number of fused-ring (bicyclic) bond motifs is 1. The maximum absolute atomic E-state index is 13.7. The van der Waals surface area contributed by atoms with Gasteiger partial charge in [0.15, 0.2) is 0 Å². The number of H-pyrrole nitrogens is 1. The Kier molecular flexibility index (Phi) is 5.55. The second-order valence-electron chi connectivity index (χ2n) is 8.17. The molecule has 2 heterocycles. The van der Waals surface area contributed by atoms with Gasteiger partial charge in [0.05, 0.1) is 24.4 Å². The Morgan fingerprint density at radius 3 is 2.23 bits per heavy atom. The molecule has 3 aromatic carbocycles. The molecule has 9 heteroatoms. The molecule has 0 radical (unpaired) electrons. The number of hydrogen-bond donors (Lipinski definition) is 1. The van der Waals surface area contributed by atoms with Gasteiger partial charge in [-0.3, -0.25) is 9.89 Å². The van der Waals surface area contributed by atoms with E-state index in [9.17, 15) is 22.4 Å². The Labute approximate surface area is 198 Å². The number of nitrogens with one attached hydrogen (secondary N) is 1. The number of carbonyl (C=O) groups is 1. The zero-order valence-corrected chi connectivity index (χ0v) is 18.4. The van der Waals surface area contributed by atoms with Crippen LogP contribution in [0.5, 0.6) is 5.75 Å². The van der Waals surface area contributed by atoms with E-state index in [0.717, 1.165) is 17.7 Å². The number of ether oxygens (including phenoxy) is 1. The molecule has 178 valence electrons. The van der Waals surface area contributed by atoms with Crippen molar-refractivity contribution in [2.24, 2.45) is 0 Å². The number of aromatic amines is 1. The highest BCUT2D eigenvalue weighted by atomic mass is 19.4. The van der Waals surface area contributed by atoms with Crippen molar-refractivity contribution in [3.63, 3.8) is 0 Å². The molecule has 1 aliphatic rings. The lowest BCUT2D eigenvalue weighted by molar-refractivity contribution is -0.137. The van der Waals surface area contributed by atoms with E-state index in [4.69, 9.17) is 4.74 Å². The monoisotopic (exact) mass is 481 g/mol. The minimum absolute atomic E-state index is 0.0591. The van der Waals surface area contributed by atoms with Gasteiger partial charge in [-0.05, 0) is 59.7 Å². The minimum atomic E-state index is -4.45. The molecule has 1 atom stereocenters. The van der Waals surface area contributed by atoms with Crippen molar-refractivity contribution in [1.82, 2.24) is 15.1 Å². The van der Waals surface area contributed by atoms with Crippen LogP contribution in [0.4, 0.5) is 17.6 Å². The van der Waals surface area contributed by atoms with E-state index in [1.54, 1.807) is 36.3 Å². The number of methoxy groups -OCH3 is 1. The molecule has 1 amide bonds. The zero-order valence-electron chi connectivity index (χ0n) is 18.4. The SMILES string of the molecule is COc1ccc(-c2n[nH]c3c2C(c2ccc(F)cc2)N(Cc2ccc(C(F)(F)F)cc2)C3=O)cc1. The maximum atomic E-state index is 13.7. The molecule has 1 unspecified atom stereocenters. The van der Waals surface area contributed by atoms with Crippen LogP contribution in [0.2, 0.25) is 0 Å². The number of rotatable bonds is 5. The van der Waals surface area contributed by atoms with Crippen molar-refractivity contribution in [1.29, 1.82) is 0 Å². The van der Waals surface area contributed by atoms with E-state index in [0.29, 0.717) is 28.1 Å². The van der Waals surface area contributed by atoms with Crippen LogP contribution < -0.4 is 4.74 Å². The van der Waals surface area contributed by atoms with Crippen molar-refractivity contribution in [2.45, 2.75) is 18.8 Å². The standard InChI is InChI=1S/C26H19F4N3O2/c1-35-20-12-6-16(7-13-20)22-21-23(32-31-22)25(34)33(24(21)17-4-10-19(27)11-5-17)14-15-2-8-18(9-3-15)26(28,29)30/h2-13,24H,14H2,1H3,(H,31,32). The predicted molar refractivity (Wildman–Crippen MR) is 120 cm³/mol. The van der Waals surface area contributed by atoms with Gasteiger partial charge in [-0.15, -0.1) is 0 Å². The second kappa shape index (κ2) is 8.57. The molecule has 0 aliphatic carbocycles. The lowest BCUT2D eigenvalue weighted by Gasteiger charge is -2.26. The maximum Gasteiger partial charge on any atom is 0.416 e. The number of benzene rings is 3. The smallest absolute Gasteiger partial charge is 0.416 e. The number of amides is 1. The third kappa shape index (κ3) is 4.14. The molecule has 1 aliphatic heterocycles. The third-order valence-electron chi connectivity index (χ3n) is 6.05. The van der Waals surface area contributed by atoms with Crippen molar-refractivity contribution >= 4 is 5.91 Å². The molecule has 1 aromatic heterocycles. The second-order valence-corrected chi connectivity index (χ2v) is 8.17. The van der Waals surface area contributed by atoms with Crippen LogP contribution in [0.15, 0.2) is 72.8 Å². The molecule has 5 nitrogen and oxygen atoms in total. The first-order valence-electron chi connectivity index (χ1n) is 10.7. The lowest BCUT2D eigenvalue weighted by atomic mass is 9.96. The summed E-state index contributed by atoms with van der Waals surface area (Å²) in [6.07, 6.45) is -4.45. The highest BCUT2D eigenvalue weighted by molar-refractivity contribution is 6.00. The van der Waals surface area contributed by atoms with Crippen LogP contribution in [-0.4, -0.2) is 28.1 Å². The first kappa shape index (κ1) is 22.6. The molecular weight excluding hydrogens is 462 g/mol. The molecule has 0 spiro atoms. The van der Waals surface area contributed by atoms with Gasteiger partial charge in [0.25, 0.3) is 5.91 Å². The number of aromatic nitrogens is 2. The lowest BCUT2D eigenvalue weighted by Crippen LogP contribution is -2.29. The average Bonchev–Trinajstić information content (AvgIpc) is 3.39. The quantitative estimate of drug-likeness (QED) is 0.357. The van der Waals surface area contributed by atoms with E-state index in [1.165, 1.54) is 24.3 Å². The summed E-state index contributed by atoms with van der Waals surface area (Å²) < 4.78 is 57.8. The van der Waals surface area contributed by atoms with Crippen LogP contribution in [-0.2, 0) is 12.7 Å². The molecule has 0 saturated heterocycles. The minimum Gasteiger partial charge on any atom is -0.497 e. The van der Waals surface area contributed by atoms with E-state index < -0.39 is 23.6 Å². The normalized spacial score (nSPS) is 15.4. The van der Waals surface area contributed by atoms with Crippen LogP contribution >= 0.6 is 0 Å².